The number of fused-ring (bicyclic) bond motifs is 1. The number of nitrogens with two attached hydrogens (primary N) is 1. The summed E-state index contributed by atoms with van der Waals surface area (Å²) >= 11 is 6.21. The highest BCUT2D eigenvalue weighted by Gasteiger charge is 2.22. The highest BCUT2D eigenvalue weighted by molar-refractivity contribution is 6.30. The van der Waals surface area contributed by atoms with Crippen LogP contribution < -0.4 is 15.8 Å². The number of benzene rings is 1. The lowest BCUT2D eigenvalue weighted by Gasteiger charge is -2.17. The molecule has 0 bridgehead atoms. The number of rotatable bonds is 9. The fraction of sp³-hybridized carbons (Fsp3) is 0.333. The minimum absolute atomic E-state index is 0.182. The standard InChI is InChI=1S/C21H23ClF2N4O3/c1-3-30-10-14(8-25)27-21(29)19-12(2)26-20-18(7-13(22)9-28(19)20)31-11-15-16(23)5-4-6-17(15)24/h4-7,9,14H,3,8,10-11,25H2,1-2H3,(H,27,29). The number of pyridine rings is 1. The quantitative estimate of drug-likeness (QED) is 0.520. The topological polar surface area (TPSA) is 90.9 Å². The van der Waals surface area contributed by atoms with Crippen LogP contribution in [-0.2, 0) is 11.3 Å². The first-order valence-corrected chi connectivity index (χ1v) is 10.1. The molecule has 10 heteroatoms. The minimum atomic E-state index is -0.722. The Hall–Kier alpha value is -2.75. The van der Waals surface area contributed by atoms with Crippen LogP contribution in [0.3, 0.4) is 0 Å². The fourth-order valence-electron chi connectivity index (χ4n) is 3.08. The molecule has 1 amide bonds. The number of nitrogens with one attached hydrogen (secondary N) is 1. The normalized spacial score (nSPS) is 12.2. The van der Waals surface area contributed by atoms with Gasteiger partial charge in [0, 0.05) is 25.4 Å². The molecule has 3 N–H and O–H groups in total. The third-order valence-corrected chi connectivity index (χ3v) is 4.83. The van der Waals surface area contributed by atoms with E-state index in [1.807, 2.05) is 6.92 Å². The average molecular weight is 453 g/mol. The zero-order valence-corrected chi connectivity index (χ0v) is 17.9. The SMILES string of the molecule is CCOCC(CN)NC(=O)c1c(C)nc2c(OCc3c(F)cccc3F)cc(Cl)cn12. The molecule has 1 atom stereocenters. The molecule has 0 aliphatic heterocycles. The van der Waals surface area contributed by atoms with Crippen molar-refractivity contribution in [1.29, 1.82) is 0 Å². The summed E-state index contributed by atoms with van der Waals surface area (Å²) in [6.45, 7) is 4.12. The molecule has 7 nitrogen and oxygen atoms in total. The van der Waals surface area contributed by atoms with Gasteiger partial charge < -0.3 is 20.5 Å². The van der Waals surface area contributed by atoms with Gasteiger partial charge in [0.25, 0.3) is 5.91 Å². The van der Waals surface area contributed by atoms with Gasteiger partial charge in [-0.3, -0.25) is 9.20 Å². The summed E-state index contributed by atoms with van der Waals surface area (Å²) in [6, 6.07) is 4.66. The van der Waals surface area contributed by atoms with Crippen molar-refractivity contribution in [3.63, 3.8) is 0 Å². The van der Waals surface area contributed by atoms with Crippen molar-refractivity contribution in [2.24, 2.45) is 5.73 Å². The van der Waals surface area contributed by atoms with Crippen molar-refractivity contribution in [1.82, 2.24) is 14.7 Å². The van der Waals surface area contributed by atoms with Gasteiger partial charge in [0.1, 0.15) is 23.9 Å². The van der Waals surface area contributed by atoms with Crippen molar-refractivity contribution in [3.8, 4) is 5.75 Å². The highest BCUT2D eigenvalue weighted by atomic mass is 35.5. The number of nitrogens with zero attached hydrogens (tertiary/aromatic N) is 2. The van der Waals surface area contributed by atoms with Gasteiger partial charge in [-0.25, -0.2) is 13.8 Å². The number of carbonyl (C=O) groups excluding carboxylic acids is 1. The van der Waals surface area contributed by atoms with Crippen LogP contribution >= 0.6 is 11.6 Å². The summed E-state index contributed by atoms with van der Waals surface area (Å²) in [5.74, 6) is -1.67. The fourth-order valence-corrected chi connectivity index (χ4v) is 3.28. The number of carbonyl (C=O) groups is 1. The van der Waals surface area contributed by atoms with Crippen LogP contribution in [0.4, 0.5) is 8.78 Å². The zero-order chi connectivity index (χ0) is 22.5. The van der Waals surface area contributed by atoms with Gasteiger partial charge in [-0.05, 0) is 26.0 Å². The molecule has 0 aliphatic carbocycles. The van der Waals surface area contributed by atoms with Gasteiger partial charge >= 0.3 is 0 Å². The Kier molecular flexibility index (Phi) is 7.42. The first-order chi connectivity index (χ1) is 14.8. The van der Waals surface area contributed by atoms with Crippen molar-refractivity contribution in [2.75, 3.05) is 19.8 Å². The second-order valence-corrected chi connectivity index (χ2v) is 7.25. The van der Waals surface area contributed by atoms with Crippen LogP contribution in [0.1, 0.15) is 28.7 Å². The van der Waals surface area contributed by atoms with Gasteiger partial charge in [-0.15, -0.1) is 0 Å². The molecule has 3 aromatic rings. The summed E-state index contributed by atoms with van der Waals surface area (Å²) in [4.78, 5) is 17.3. The van der Waals surface area contributed by atoms with E-state index in [0.29, 0.717) is 12.3 Å². The maximum Gasteiger partial charge on any atom is 0.270 e. The Morgan fingerprint density at radius 2 is 2.06 bits per heavy atom. The molecular formula is C21H23ClF2N4O3. The third kappa shape index (κ3) is 5.12. The number of hydrogen-bond donors (Lipinski definition) is 2. The molecule has 1 aromatic carbocycles. The van der Waals surface area contributed by atoms with E-state index in [1.54, 1.807) is 6.92 Å². The van der Waals surface area contributed by atoms with Gasteiger partial charge in [-0.2, -0.15) is 0 Å². The maximum absolute atomic E-state index is 13.9. The monoisotopic (exact) mass is 452 g/mol. The number of aryl methyl sites for hydroxylation is 1. The Morgan fingerprint density at radius 1 is 1.35 bits per heavy atom. The first-order valence-electron chi connectivity index (χ1n) is 9.68. The average Bonchev–Trinajstić information content (AvgIpc) is 3.06. The van der Waals surface area contributed by atoms with Crippen molar-refractivity contribution >= 4 is 23.2 Å². The number of amides is 1. The summed E-state index contributed by atoms with van der Waals surface area (Å²) in [7, 11) is 0. The smallest absolute Gasteiger partial charge is 0.270 e. The van der Waals surface area contributed by atoms with Crippen LogP contribution in [0.25, 0.3) is 5.65 Å². The van der Waals surface area contributed by atoms with Gasteiger partial charge in [0.05, 0.1) is 28.9 Å². The Balaban J connectivity index is 1.91. The Morgan fingerprint density at radius 3 is 2.71 bits per heavy atom. The number of halogens is 3. The van der Waals surface area contributed by atoms with E-state index in [9.17, 15) is 13.6 Å². The van der Waals surface area contributed by atoms with Crippen LogP contribution in [0.5, 0.6) is 5.75 Å². The minimum Gasteiger partial charge on any atom is -0.485 e. The lowest BCUT2D eigenvalue weighted by molar-refractivity contribution is 0.0858. The molecule has 0 saturated heterocycles. The summed E-state index contributed by atoms with van der Waals surface area (Å²) in [5.41, 5.74) is 6.45. The third-order valence-electron chi connectivity index (χ3n) is 4.62. The van der Waals surface area contributed by atoms with Crippen molar-refractivity contribution in [2.45, 2.75) is 26.5 Å². The molecule has 3 rings (SSSR count). The number of ether oxygens (including phenoxy) is 2. The second kappa shape index (κ2) is 10.0. The van der Waals surface area contributed by atoms with Gasteiger partial charge in [0.2, 0.25) is 0 Å². The Labute approximate surface area is 183 Å². The zero-order valence-electron chi connectivity index (χ0n) is 17.1. The van der Waals surface area contributed by atoms with E-state index >= 15 is 0 Å². The van der Waals surface area contributed by atoms with Gasteiger partial charge in [-0.1, -0.05) is 17.7 Å². The van der Waals surface area contributed by atoms with Crippen LogP contribution in [0, 0.1) is 18.6 Å². The predicted molar refractivity (Wildman–Crippen MR) is 112 cm³/mol. The summed E-state index contributed by atoms with van der Waals surface area (Å²) < 4.78 is 40.3. The van der Waals surface area contributed by atoms with E-state index in [-0.39, 0.29) is 53.5 Å². The molecule has 0 aliphatic rings. The van der Waals surface area contributed by atoms with E-state index in [2.05, 4.69) is 10.3 Å². The largest absolute Gasteiger partial charge is 0.485 e. The number of imidazole rings is 1. The lowest BCUT2D eigenvalue weighted by atomic mass is 10.2. The molecule has 166 valence electrons. The molecule has 2 aromatic heterocycles. The van der Waals surface area contributed by atoms with E-state index in [1.165, 1.54) is 22.7 Å². The van der Waals surface area contributed by atoms with E-state index < -0.39 is 17.5 Å². The predicted octanol–water partition coefficient (Wildman–Crippen LogP) is 3.25. The molecular weight excluding hydrogens is 430 g/mol. The number of hydrogen-bond acceptors (Lipinski definition) is 5. The summed E-state index contributed by atoms with van der Waals surface area (Å²) in [5, 5.41) is 3.07. The molecule has 1 unspecified atom stereocenters. The summed E-state index contributed by atoms with van der Waals surface area (Å²) in [6.07, 6.45) is 1.52. The maximum atomic E-state index is 13.9. The highest BCUT2D eigenvalue weighted by Crippen LogP contribution is 2.28. The van der Waals surface area contributed by atoms with E-state index in [4.69, 9.17) is 26.8 Å². The van der Waals surface area contributed by atoms with Crippen LogP contribution in [0.15, 0.2) is 30.5 Å². The van der Waals surface area contributed by atoms with E-state index in [0.717, 1.165) is 12.1 Å². The van der Waals surface area contributed by atoms with Crippen molar-refractivity contribution < 1.29 is 23.0 Å². The van der Waals surface area contributed by atoms with Crippen LogP contribution in [0.2, 0.25) is 5.02 Å². The lowest BCUT2D eigenvalue weighted by Crippen LogP contribution is -2.44. The Bertz CT molecular complexity index is 1070. The number of aromatic nitrogens is 2. The first kappa shape index (κ1) is 22.9. The van der Waals surface area contributed by atoms with Crippen LogP contribution in [-0.4, -0.2) is 41.1 Å². The van der Waals surface area contributed by atoms with Gasteiger partial charge in [0.15, 0.2) is 11.4 Å². The second-order valence-electron chi connectivity index (χ2n) is 6.82. The van der Waals surface area contributed by atoms with Crippen molar-refractivity contribution in [3.05, 3.63) is 64.1 Å². The molecule has 0 saturated carbocycles. The molecule has 0 fully saturated rings. The molecule has 2 heterocycles. The molecule has 0 spiro atoms. The molecule has 31 heavy (non-hydrogen) atoms. The molecule has 0 radical (unpaired) electrons.